The maximum Gasteiger partial charge on any atom is 0.446 e. The number of carbonyl (C=O) groups is 2. The van der Waals surface area contributed by atoms with E-state index < -0.39 is 11.4 Å². The van der Waals surface area contributed by atoms with Crippen LogP contribution in [0.15, 0.2) is 29.2 Å². The van der Waals surface area contributed by atoms with E-state index in [0.717, 1.165) is 25.9 Å². The van der Waals surface area contributed by atoms with Crippen LogP contribution in [-0.4, -0.2) is 77.8 Å². The van der Waals surface area contributed by atoms with Gasteiger partial charge in [-0.1, -0.05) is 12.1 Å². The Bertz CT molecular complexity index is 685. The van der Waals surface area contributed by atoms with Crippen LogP contribution in [-0.2, 0) is 4.79 Å². The first-order valence-corrected chi connectivity index (χ1v) is 9.79. The Morgan fingerprint density at radius 3 is 2.19 bits per heavy atom. The highest BCUT2D eigenvalue weighted by Gasteiger charge is 2.32. The lowest BCUT2D eigenvalue weighted by Gasteiger charge is -2.35. The van der Waals surface area contributed by atoms with Crippen molar-refractivity contribution in [3.05, 3.63) is 29.8 Å². The summed E-state index contributed by atoms with van der Waals surface area (Å²) in [5.74, 6) is -0.285. The molecule has 0 N–H and O–H groups in total. The van der Waals surface area contributed by atoms with Gasteiger partial charge in [-0.05, 0) is 36.7 Å². The Morgan fingerprint density at radius 2 is 1.56 bits per heavy atom. The van der Waals surface area contributed by atoms with Gasteiger partial charge in [-0.25, -0.2) is 0 Å². The molecule has 2 amide bonds. The first-order valence-electron chi connectivity index (χ1n) is 8.98. The zero-order valence-corrected chi connectivity index (χ0v) is 15.7. The molecule has 2 aliphatic heterocycles. The van der Waals surface area contributed by atoms with Crippen LogP contribution in [0.3, 0.4) is 0 Å². The van der Waals surface area contributed by atoms with Crippen LogP contribution in [0.1, 0.15) is 23.2 Å². The van der Waals surface area contributed by atoms with Gasteiger partial charge in [-0.15, -0.1) is 0 Å². The van der Waals surface area contributed by atoms with Crippen molar-refractivity contribution in [1.82, 2.24) is 14.7 Å². The third-order valence-corrected chi connectivity index (χ3v) is 5.63. The normalized spacial score (nSPS) is 18.8. The van der Waals surface area contributed by atoms with E-state index in [-0.39, 0.29) is 28.1 Å². The second-order valence-corrected chi connectivity index (χ2v) is 7.81. The molecule has 2 aliphatic rings. The molecule has 5 nitrogen and oxygen atoms in total. The molecule has 148 valence electrons. The van der Waals surface area contributed by atoms with Crippen molar-refractivity contribution in [2.45, 2.75) is 23.2 Å². The van der Waals surface area contributed by atoms with Crippen molar-refractivity contribution in [2.75, 3.05) is 45.8 Å². The van der Waals surface area contributed by atoms with Crippen molar-refractivity contribution in [1.29, 1.82) is 0 Å². The Labute approximate surface area is 160 Å². The average Bonchev–Trinajstić information content (AvgIpc) is 3.16. The maximum atomic E-state index is 12.7. The molecule has 0 spiro atoms. The standard InChI is InChI=1S/C18H22F3N3O2S/c19-18(20,21)27-15-6-2-1-5-14(15)17(26)24-11-9-22(10-12-24)13-16(25)23-7-3-4-8-23/h1-2,5-6H,3-4,7-13H2. The molecular formula is C18H22F3N3O2S. The number of likely N-dealkylation sites (tertiary alicyclic amines) is 1. The fourth-order valence-electron chi connectivity index (χ4n) is 3.39. The number of hydrogen-bond acceptors (Lipinski definition) is 4. The summed E-state index contributed by atoms with van der Waals surface area (Å²) in [6.45, 7) is 3.84. The Hall–Kier alpha value is -1.74. The van der Waals surface area contributed by atoms with Crippen molar-refractivity contribution in [3.8, 4) is 0 Å². The maximum absolute atomic E-state index is 12.7. The molecule has 0 bridgehead atoms. The fraction of sp³-hybridized carbons (Fsp3) is 0.556. The van der Waals surface area contributed by atoms with Crippen molar-refractivity contribution in [3.63, 3.8) is 0 Å². The quantitative estimate of drug-likeness (QED) is 0.728. The molecule has 9 heteroatoms. The van der Waals surface area contributed by atoms with Crippen molar-refractivity contribution in [2.24, 2.45) is 0 Å². The lowest BCUT2D eigenvalue weighted by Crippen LogP contribution is -2.51. The Balaban J connectivity index is 1.56. The molecule has 0 atom stereocenters. The van der Waals surface area contributed by atoms with E-state index >= 15 is 0 Å². The van der Waals surface area contributed by atoms with Gasteiger partial charge in [0.25, 0.3) is 5.91 Å². The second kappa shape index (κ2) is 8.52. The third-order valence-electron chi connectivity index (χ3n) is 4.82. The Kier molecular flexibility index (Phi) is 6.31. The van der Waals surface area contributed by atoms with E-state index in [2.05, 4.69) is 0 Å². The number of halogens is 3. The summed E-state index contributed by atoms with van der Waals surface area (Å²) in [5.41, 5.74) is -4.37. The highest BCUT2D eigenvalue weighted by atomic mass is 32.2. The van der Waals surface area contributed by atoms with Gasteiger partial charge in [0.05, 0.1) is 12.1 Å². The number of thioether (sulfide) groups is 1. The minimum absolute atomic E-state index is 0.0708. The largest absolute Gasteiger partial charge is 0.446 e. The van der Waals surface area contributed by atoms with Crippen LogP contribution in [0.25, 0.3) is 0 Å². The first-order chi connectivity index (χ1) is 12.8. The van der Waals surface area contributed by atoms with Gasteiger partial charge >= 0.3 is 5.51 Å². The van der Waals surface area contributed by atoms with Gasteiger partial charge < -0.3 is 9.80 Å². The topological polar surface area (TPSA) is 43.9 Å². The van der Waals surface area contributed by atoms with E-state index in [1.165, 1.54) is 18.2 Å². The summed E-state index contributed by atoms with van der Waals surface area (Å²) in [7, 11) is 0. The van der Waals surface area contributed by atoms with Gasteiger partial charge in [-0.3, -0.25) is 14.5 Å². The molecule has 2 fully saturated rings. The lowest BCUT2D eigenvalue weighted by atomic mass is 10.2. The summed E-state index contributed by atoms with van der Waals surface area (Å²) < 4.78 is 38.2. The predicted octanol–water partition coefficient (Wildman–Crippen LogP) is 2.68. The molecule has 0 unspecified atom stereocenters. The highest BCUT2D eigenvalue weighted by Crippen LogP contribution is 2.38. The van der Waals surface area contributed by atoms with Gasteiger partial charge in [-0.2, -0.15) is 13.2 Å². The molecule has 1 aromatic rings. The number of nitrogens with zero attached hydrogens (tertiary/aromatic N) is 3. The number of hydrogen-bond donors (Lipinski definition) is 0. The van der Waals surface area contributed by atoms with E-state index in [1.54, 1.807) is 11.0 Å². The molecular weight excluding hydrogens is 379 g/mol. The van der Waals surface area contributed by atoms with E-state index in [4.69, 9.17) is 0 Å². The van der Waals surface area contributed by atoms with E-state index in [1.807, 2.05) is 9.80 Å². The third kappa shape index (κ3) is 5.38. The van der Waals surface area contributed by atoms with Gasteiger partial charge in [0, 0.05) is 44.2 Å². The van der Waals surface area contributed by atoms with Crippen LogP contribution in [0.4, 0.5) is 13.2 Å². The number of carbonyl (C=O) groups excluding carboxylic acids is 2. The van der Waals surface area contributed by atoms with Crippen LogP contribution >= 0.6 is 11.8 Å². The molecule has 2 heterocycles. The van der Waals surface area contributed by atoms with Gasteiger partial charge in [0.1, 0.15) is 0 Å². The lowest BCUT2D eigenvalue weighted by molar-refractivity contribution is -0.131. The first kappa shape index (κ1) is 20.0. The zero-order valence-electron chi connectivity index (χ0n) is 14.9. The number of amides is 2. The highest BCUT2D eigenvalue weighted by molar-refractivity contribution is 8.00. The molecule has 27 heavy (non-hydrogen) atoms. The molecule has 0 radical (unpaired) electrons. The zero-order chi connectivity index (χ0) is 19.4. The fourth-order valence-corrected chi connectivity index (χ4v) is 4.06. The minimum atomic E-state index is -4.44. The van der Waals surface area contributed by atoms with E-state index in [0.29, 0.717) is 32.7 Å². The van der Waals surface area contributed by atoms with Crippen LogP contribution in [0.2, 0.25) is 0 Å². The van der Waals surface area contributed by atoms with E-state index in [9.17, 15) is 22.8 Å². The van der Waals surface area contributed by atoms with Crippen molar-refractivity contribution >= 4 is 23.6 Å². The van der Waals surface area contributed by atoms with Crippen LogP contribution in [0, 0.1) is 0 Å². The summed E-state index contributed by atoms with van der Waals surface area (Å²) in [6.07, 6.45) is 2.09. The SMILES string of the molecule is O=C(CN1CCN(C(=O)c2ccccc2SC(F)(F)F)CC1)N1CCCC1. The summed E-state index contributed by atoms with van der Waals surface area (Å²) in [4.78, 5) is 30.3. The molecule has 0 aliphatic carbocycles. The Morgan fingerprint density at radius 1 is 0.926 bits per heavy atom. The number of benzene rings is 1. The smallest absolute Gasteiger partial charge is 0.342 e. The molecule has 0 saturated carbocycles. The second-order valence-electron chi connectivity index (χ2n) is 6.70. The minimum Gasteiger partial charge on any atom is -0.342 e. The summed E-state index contributed by atoms with van der Waals surface area (Å²) >= 11 is -0.265. The number of piperazine rings is 1. The van der Waals surface area contributed by atoms with Gasteiger partial charge in [0.15, 0.2) is 0 Å². The molecule has 0 aromatic heterocycles. The summed E-state index contributed by atoms with van der Waals surface area (Å²) in [6, 6.07) is 5.81. The molecule has 3 rings (SSSR count). The number of alkyl halides is 3. The van der Waals surface area contributed by atoms with Crippen LogP contribution < -0.4 is 0 Å². The molecule has 1 aromatic carbocycles. The van der Waals surface area contributed by atoms with Gasteiger partial charge in [0.2, 0.25) is 5.91 Å². The molecule has 2 saturated heterocycles. The monoisotopic (exact) mass is 401 g/mol. The van der Waals surface area contributed by atoms with Crippen LogP contribution in [0.5, 0.6) is 0 Å². The van der Waals surface area contributed by atoms with Crippen molar-refractivity contribution < 1.29 is 22.8 Å². The number of rotatable bonds is 4. The predicted molar refractivity (Wildman–Crippen MR) is 96.5 cm³/mol. The summed E-state index contributed by atoms with van der Waals surface area (Å²) in [5, 5.41) is 0. The average molecular weight is 401 g/mol.